The molecule has 0 amide bonds. The lowest BCUT2D eigenvalue weighted by molar-refractivity contribution is -0.182. The molecule has 0 bridgehead atoms. The summed E-state index contributed by atoms with van der Waals surface area (Å²) in [5.41, 5.74) is 0. The highest BCUT2D eigenvalue weighted by atomic mass is 32.2. The predicted octanol–water partition coefficient (Wildman–Crippen LogP) is -1.32. The first-order chi connectivity index (χ1) is 6.68. The number of ether oxygens (including phenoxy) is 1. The maximum Gasteiger partial charge on any atom is 0.326 e. The molecule has 0 saturated carbocycles. The molecule has 0 aromatic carbocycles. The predicted molar refractivity (Wildman–Crippen MR) is 42.6 cm³/mol. The maximum atomic E-state index is 13.1. The Hall–Kier alpha value is -0.350. The van der Waals surface area contributed by atoms with Crippen molar-refractivity contribution in [1.82, 2.24) is 0 Å². The average Bonchev–Trinajstić information content (AvgIpc) is 2.26. The maximum absolute atomic E-state index is 13.1. The fourth-order valence-electron chi connectivity index (χ4n) is 1.10. The largest absolute Gasteiger partial charge is 0.394 e. The van der Waals surface area contributed by atoms with Gasteiger partial charge in [0.05, 0.1) is 12.9 Å². The van der Waals surface area contributed by atoms with Gasteiger partial charge in [-0.15, -0.1) is 0 Å². The highest BCUT2D eigenvalue weighted by Crippen LogP contribution is 2.37. The molecule has 90 valence electrons. The molecule has 1 aliphatic heterocycles. The molecule has 3 unspecified atom stereocenters. The van der Waals surface area contributed by atoms with Crippen LogP contribution in [0, 0.1) is 0 Å². The first kappa shape index (κ1) is 12.7. The Bertz CT molecular complexity index is 329. The van der Waals surface area contributed by atoms with Crippen LogP contribution >= 0.6 is 0 Å². The minimum Gasteiger partial charge on any atom is -0.394 e. The molecule has 1 aliphatic rings. The zero-order chi connectivity index (χ0) is 11.9. The second kappa shape index (κ2) is 3.91. The molecule has 15 heavy (non-hydrogen) atoms. The molecule has 0 spiro atoms. The zero-order valence-electron chi connectivity index (χ0n) is 7.63. The Kier molecular flexibility index (Phi) is 3.31. The van der Waals surface area contributed by atoms with Crippen molar-refractivity contribution in [2.45, 2.75) is 24.4 Å². The second-order valence-corrected chi connectivity index (χ2v) is 4.71. The van der Waals surface area contributed by atoms with E-state index in [0.29, 0.717) is 6.26 Å². The summed E-state index contributed by atoms with van der Waals surface area (Å²) in [5.74, 6) is -3.88. The minimum absolute atomic E-state index is 0.574. The van der Waals surface area contributed by atoms with Gasteiger partial charge in [-0.05, 0) is 0 Å². The Morgan fingerprint density at radius 1 is 1.53 bits per heavy atom. The van der Waals surface area contributed by atoms with Gasteiger partial charge in [0.25, 0.3) is 10.1 Å². The summed E-state index contributed by atoms with van der Waals surface area (Å²) in [6, 6.07) is 0. The molecule has 0 aliphatic carbocycles. The van der Waals surface area contributed by atoms with Gasteiger partial charge in [0, 0.05) is 0 Å². The third-order valence-electron chi connectivity index (χ3n) is 1.80. The first-order valence-electron chi connectivity index (χ1n) is 3.89. The molecule has 0 radical (unpaired) electrons. The molecule has 9 heteroatoms. The van der Waals surface area contributed by atoms with Crippen molar-refractivity contribution < 1.29 is 36.3 Å². The SMILES string of the molecule is CS(=O)(=O)OC1OC(CO)C(O)C1(F)F. The smallest absolute Gasteiger partial charge is 0.326 e. The molecular formula is C6H10F2O6S. The molecule has 3 atom stereocenters. The van der Waals surface area contributed by atoms with Crippen LogP contribution < -0.4 is 0 Å². The van der Waals surface area contributed by atoms with Crippen LogP contribution in [0.4, 0.5) is 8.78 Å². The number of aliphatic hydroxyl groups excluding tert-OH is 2. The highest BCUT2D eigenvalue weighted by molar-refractivity contribution is 7.86. The van der Waals surface area contributed by atoms with Crippen molar-refractivity contribution in [3.63, 3.8) is 0 Å². The number of hydrogen-bond acceptors (Lipinski definition) is 6. The summed E-state index contributed by atoms with van der Waals surface area (Å²) in [6.07, 6.45) is -5.69. The minimum atomic E-state index is -4.13. The number of alkyl halides is 2. The Morgan fingerprint density at radius 3 is 2.40 bits per heavy atom. The molecule has 1 fully saturated rings. The van der Waals surface area contributed by atoms with E-state index in [0.717, 1.165) is 0 Å². The third-order valence-corrected chi connectivity index (χ3v) is 2.33. The fraction of sp³-hybridized carbons (Fsp3) is 1.00. The van der Waals surface area contributed by atoms with Crippen molar-refractivity contribution in [2.75, 3.05) is 12.9 Å². The topological polar surface area (TPSA) is 93.1 Å². The quantitative estimate of drug-likeness (QED) is 0.601. The summed E-state index contributed by atoms with van der Waals surface area (Å²) in [6.45, 7) is -0.861. The summed E-state index contributed by atoms with van der Waals surface area (Å²) in [7, 11) is -4.13. The standard InChI is InChI=1S/C6H10F2O6S/c1-15(11,12)14-5-6(7,8)4(10)3(2-9)13-5/h3-5,9-10H,2H2,1H3. The van der Waals surface area contributed by atoms with Crippen molar-refractivity contribution in [2.24, 2.45) is 0 Å². The molecule has 0 aromatic heterocycles. The molecular weight excluding hydrogens is 238 g/mol. The monoisotopic (exact) mass is 248 g/mol. The van der Waals surface area contributed by atoms with Crippen LogP contribution in [0.25, 0.3) is 0 Å². The van der Waals surface area contributed by atoms with E-state index >= 15 is 0 Å². The molecule has 2 N–H and O–H groups in total. The van der Waals surface area contributed by atoms with Crippen LogP contribution in [0.3, 0.4) is 0 Å². The Labute approximate surface area is 84.5 Å². The van der Waals surface area contributed by atoms with Crippen molar-refractivity contribution in [3.05, 3.63) is 0 Å². The first-order valence-corrected chi connectivity index (χ1v) is 5.70. The third kappa shape index (κ3) is 2.61. The summed E-state index contributed by atoms with van der Waals surface area (Å²) in [4.78, 5) is 0. The van der Waals surface area contributed by atoms with E-state index in [-0.39, 0.29) is 0 Å². The zero-order valence-corrected chi connectivity index (χ0v) is 8.45. The Balaban J connectivity index is 2.84. The lowest BCUT2D eigenvalue weighted by Gasteiger charge is -2.18. The van der Waals surface area contributed by atoms with Gasteiger partial charge in [-0.1, -0.05) is 0 Å². The molecule has 1 rings (SSSR count). The molecule has 6 nitrogen and oxygen atoms in total. The highest BCUT2D eigenvalue weighted by Gasteiger charge is 2.60. The van der Waals surface area contributed by atoms with E-state index in [1.807, 2.05) is 0 Å². The van der Waals surface area contributed by atoms with Gasteiger partial charge < -0.3 is 14.9 Å². The Morgan fingerprint density at radius 2 is 2.07 bits per heavy atom. The fourth-order valence-corrected chi connectivity index (χ4v) is 1.59. The summed E-state index contributed by atoms with van der Waals surface area (Å²) >= 11 is 0. The van der Waals surface area contributed by atoms with E-state index in [9.17, 15) is 17.2 Å². The number of halogens is 2. The van der Waals surface area contributed by atoms with Gasteiger partial charge in [-0.2, -0.15) is 17.2 Å². The summed E-state index contributed by atoms with van der Waals surface area (Å²) in [5, 5.41) is 17.5. The summed E-state index contributed by atoms with van der Waals surface area (Å²) < 4.78 is 55.7. The van der Waals surface area contributed by atoms with Crippen LogP contribution in [-0.2, 0) is 19.0 Å². The number of aliphatic hydroxyl groups is 2. The van der Waals surface area contributed by atoms with E-state index < -0.39 is 41.1 Å². The molecule has 1 saturated heterocycles. The van der Waals surface area contributed by atoms with Gasteiger partial charge in [0.15, 0.2) is 6.10 Å². The van der Waals surface area contributed by atoms with Crippen LogP contribution in [-0.4, -0.2) is 55.9 Å². The van der Waals surface area contributed by atoms with E-state index in [4.69, 9.17) is 10.2 Å². The second-order valence-electron chi connectivity index (χ2n) is 3.11. The van der Waals surface area contributed by atoms with Crippen molar-refractivity contribution >= 4 is 10.1 Å². The van der Waals surface area contributed by atoms with Crippen LogP contribution in [0.2, 0.25) is 0 Å². The normalized spacial score (nSPS) is 35.7. The van der Waals surface area contributed by atoms with E-state index in [1.54, 1.807) is 0 Å². The van der Waals surface area contributed by atoms with Crippen LogP contribution in [0.1, 0.15) is 0 Å². The van der Waals surface area contributed by atoms with Gasteiger partial charge in [0.2, 0.25) is 6.29 Å². The average molecular weight is 248 g/mol. The van der Waals surface area contributed by atoms with Crippen molar-refractivity contribution in [3.8, 4) is 0 Å². The van der Waals surface area contributed by atoms with Gasteiger partial charge in [-0.25, -0.2) is 4.18 Å². The number of rotatable bonds is 3. The van der Waals surface area contributed by atoms with E-state index in [1.165, 1.54) is 0 Å². The lowest BCUT2D eigenvalue weighted by Crippen LogP contribution is -2.42. The van der Waals surface area contributed by atoms with Gasteiger partial charge >= 0.3 is 5.92 Å². The van der Waals surface area contributed by atoms with Gasteiger partial charge in [0.1, 0.15) is 6.10 Å². The van der Waals surface area contributed by atoms with Crippen molar-refractivity contribution in [1.29, 1.82) is 0 Å². The van der Waals surface area contributed by atoms with Crippen LogP contribution in [0.15, 0.2) is 0 Å². The molecule has 1 heterocycles. The van der Waals surface area contributed by atoms with Gasteiger partial charge in [-0.3, -0.25) is 0 Å². The molecule has 0 aromatic rings. The lowest BCUT2D eigenvalue weighted by atomic mass is 10.1. The van der Waals surface area contributed by atoms with E-state index in [2.05, 4.69) is 8.92 Å². The van der Waals surface area contributed by atoms with Crippen LogP contribution in [0.5, 0.6) is 0 Å². The number of hydrogen-bond donors (Lipinski definition) is 2.